The van der Waals surface area contributed by atoms with E-state index in [9.17, 15) is 40.5 Å². The first-order valence-electron chi connectivity index (χ1n) is 17.6. The molecule has 0 saturated carbocycles. The molecule has 0 N–H and O–H groups in total. The Kier molecular flexibility index (Phi) is 19.7. The lowest BCUT2D eigenvalue weighted by Gasteiger charge is -2.19. The Morgan fingerprint density at radius 2 is 1.23 bits per heavy atom. The average molecular weight is 823 g/mol. The lowest BCUT2D eigenvalue weighted by atomic mass is 10.2. The maximum absolute atomic E-state index is 10.5. The number of aromatic nitrogens is 2. The van der Waals surface area contributed by atoms with E-state index in [1.165, 1.54) is 35.0 Å². The van der Waals surface area contributed by atoms with E-state index in [1.807, 2.05) is 76.2 Å². The lowest BCUT2D eigenvalue weighted by Crippen LogP contribution is -2.18. The number of hydrogen-bond acceptors (Lipinski definition) is 15. The largest absolute Gasteiger partial charge is 0.434 e. The van der Waals surface area contributed by atoms with Gasteiger partial charge in [0.05, 0.1) is 59.1 Å². The third kappa shape index (κ3) is 21.7. The number of nitro groups is 4. The third-order valence-corrected chi connectivity index (χ3v) is 7.57. The highest BCUT2D eigenvalue weighted by molar-refractivity contribution is 7.15. The molecular formula is C37H54N6O13S. The van der Waals surface area contributed by atoms with Crippen LogP contribution in [-0.2, 0) is 52.4 Å². The number of imidazole rings is 1. The highest BCUT2D eigenvalue weighted by Crippen LogP contribution is 2.26. The number of ether oxygens (including phenoxy) is 4. The summed E-state index contributed by atoms with van der Waals surface area (Å²) in [5.74, 6) is 0.0523. The number of nitro benzene ring substituents is 1. The van der Waals surface area contributed by atoms with Crippen LogP contribution >= 0.6 is 11.3 Å². The van der Waals surface area contributed by atoms with Crippen LogP contribution in [0.4, 0.5) is 22.5 Å². The molecule has 3 heterocycles. The van der Waals surface area contributed by atoms with Gasteiger partial charge in [-0.2, -0.15) is 0 Å². The molecule has 0 bridgehead atoms. The van der Waals surface area contributed by atoms with Crippen LogP contribution in [0.2, 0.25) is 0 Å². The molecule has 57 heavy (non-hydrogen) atoms. The number of non-ortho nitro benzene ring substituents is 1. The van der Waals surface area contributed by atoms with Crippen molar-refractivity contribution in [3.63, 3.8) is 0 Å². The summed E-state index contributed by atoms with van der Waals surface area (Å²) in [4.78, 5) is 44.2. The first kappa shape index (κ1) is 49.9. The van der Waals surface area contributed by atoms with E-state index in [4.69, 9.17) is 23.4 Å². The summed E-state index contributed by atoms with van der Waals surface area (Å²) in [6.07, 6.45) is 1.56. The Labute approximate surface area is 335 Å². The molecule has 0 aliphatic heterocycles. The van der Waals surface area contributed by atoms with Gasteiger partial charge in [-0.15, -0.1) is 0 Å². The summed E-state index contributed by atoms with van der Waals surface area (Å²) in [5, 5.41) is 41.7. The second kappa shape index (κ2) is 22.6. The average Bonchev–Trinajstić information content (AvgIpc) is 3.85. The molecule has 0 radical (unpaired) electrons. The van der Waals surface area contributed by atoms with Gasteiger partial charge in [0.25, 0.3) is 5.69 Å². The molecular weight excluding hydrogens is 769 g/mol. The zero-order valence-corrected chi connectivity index (χ0v) is 35.3. The number of benzene rings is 1. The Morgan fingerprint density at radius 1 is 0.684 bits per heavy atom. The van der Waals surface area contributed by atoms with Crippen LogP contribution in [0.15, 0.2) is 59.1 Å². The molecule has 0 aliphatic rings. The molecule has 3 aromatic heterocycles. The summed E-state index contributed by atoms with van der Waals surface area (Å²) in [5.41, 5.74) is 1.07. The molecule has 20 heteroatoms. The normalized spacial score (nSPS) is 11.4. The molecule has 0 spiro atoms. The van der Waals surface area contributed by atoms with Gasteiger partial charge >= 0.3 is 16.8 Å². The molecule has 4 rings (SSSR count). The predicted octanol–water partition coefficient (Wildman–Crippen LogP) is 9.64. The van der Waals surface area contributed by atoms with Gasteiger partial charge in [0.1, 0.15) is 35.8 Å². The summed E-state index contributed by atoms with van der Waals surface area (Å²) in [6, 6.07) is 12.5. The molecule has 0 aliphatic carbocycles. The zero-order chi connectivity index (χ0) is 43.7. The van der Waals surface area contributed by atoms with E-state index in [-0.39, 0.29) is 57.0 Å². The van der Waals surface area contributed by atoms with Gasteiger partial charge < -0.3 is 33.5 Å². The van der Waals surface area contributed by atoms with Crippen molar-refractivity contribution < 1.29 is 43.1 Å². The molecule has 0 fully saturated rings. The number of hydrogen-bond donors (Lipinski definition) is 0. The van der Waals surface area contributed by atoms with E-state index in [1.54, 1.807) is 31.3 Å². The fourth-order valence-electron chi connectivity index (χ4n) is 3.66. The minimum absolute atomic E-state index is 0.101. The maximum Gasteiger partial charge on any atom is 0.434 e. The van der Waals surface area contributed by atoms with E-state index < -0.39 is 14.8 Å². The Hall–Kier alpha value is -5.15. The molecule has 0 saturated heterocycles. The second-order valence-corrected chi connectivity index (χ2v) is 16.5. The van der Waals surface area contributed by atoms with Gasteiger partial charge in [-0.3, -0.25) is 30.3 Å². The molecule has 19 nitrogen and oxygen atoms in total. The number of nitrogens with zero attached hydrogens (tertiary/aromatic N) is 6. The highest BCUT2D eigenvalue weighted by atomic mass is 32.1. The highest BCUT2D eigenvalue weighted by Gasteiger charge is 2.18. The van der Waals surface area contributed by atoms with Crippen LogP contribution in [0.25, 0.3) is 0 Å². The number of furan rings is 1. The van der Waals surface area contributed by atoms with Crippen LogP contribution in [0.5, 0.6) is 0 Å². The molecule has 0 atom stereocenters. The minimum Gasteiger partial charge on any atom is -0.403 e. The third-order valence-electron chi connectivity index (χ3n) is 6.56. The lowest BCUT2D eigenvalue weighted by molar-refractivity contribution is -0.402. The fraction of sp³-hybridized carbons (Fsp3) is 0.541. The Morgan fingerprint density at radius 3 is 1.65 bits per heavy atom. The Balaban J connectivity index is 0.000000380. The van der Waals surface area contributed by atoms with Crippen molar-refractivity contribution >= 4 is 33.9 Å². The quantitative estimate of drug-likeness (QED) is 0.0901. The van der Waals surface area contributed by atoms with E-state index >= 15 is 0 Å². The van der Waals surface area contributed by atoms with Gasteiger partial charge in [-0.25, -0.2) is 4.57 Å². The first-order chi connectivity index (χ1) is 26.2. The fourth-order valence-corrected chi connectivity index (χ4v) is 4.40. The van der Waals surface area contributed by atoms with E-state index in [2.05, 4.69) is 4.98 Å². The standard InChI is InChI=1S/C11H15NO3.C9H13NO4.C9H13NO3S.C8H13N3O3/c1-11(2,3)15-8-9-4-6-10(7-5-9)12(13)14;2*1-9(2,3)13-6-7-4-5-8(14-7)10(11)12;1-6(2)14-5-7-4-9-8(10(7)3)11(12)13/h4-7H,8H2,1-3H3;2*4-5H,6H2,1-3H3;4,6H,5H2,1-3H3. The van der Waals surface area contributed by atoms with Gasteiger partial charge in [-0.1, -0.05) is 16.3 Å². The van der Waals surface area contributed by atoms with Crippen molar-refractivity contribution in [2.75, 3.05) is 0 Å². The van der Waals surface area contributed by atoms with E-state index in [0.29, 0.717) is 31.3 Å². The zero-order valence-electron chi connectivity index (χ0n) is 34.5. The van der Waals surface area contributed by atoms with Crippen LogP contribution in [0, 0.1) is 40.5 Å². The molecule has 0 unspecified atom stereocenters. The van der Waals surface area contributed by atoms with E-state index in [0.717, 1.165) is 21.8 Å². The van der Waals surface area contributed by atoms with Crippen molar-refractivity contribution in [1.82, 2.24) is 9.55 Å². The molecule has 316 valence electrons. The van der Waals surface area contributed by atoms with Gasteiger partial charge in [0, 0.05) is 23.1 Å². The number of thiophene rings is 1. The van der Waals surface area contributed by atoms with Crippen LogP contribution in [-0.4, -0.2) is 52.2 Å². The molecule has 0 amide bonds. The number of rotatable bonds is 13. The predicted molar refractivity (Wildman–Crippen MR) is 213 cm³/mol. The Bertz CT molecular complexity index is 1800. The smallest absolute Gasteiger partial charge is 0.403 e. The van der Waals surface area contributed by atoms with Gasteiger partial charge in [-0.05, 0) is 111 Å². The van der Waals surface area contributed by atoms with Gasteiger partial charge in [0.2, 0.25) is 0 Å². The first-order valence-corrected chi connectivity index (χ1v) is 18.4. The van der Waals surface area contributed by atoms with Crippen LogP contribution in [0.1, 0.15) is 98.1 Å². The van der Waals surface area contributed by atoms with Crippen molar-refractivity contribution in [3.05, 3.63) is 117 Å². The summed E-state index contributed by atoms with van der Waals surface area (Å²) in [7, 11) is 1.60. The second-order valence-electron chi connectivity index (χ2n) is 15.3. The maximum atomic E-state index is 10.5. The summed E-state index contributed by atoms with van der Waals surface area (Å²) in [6.45, 7) is 22.8. The van der Waals surface area contributed by atoms with Crippen LogP contribution < -0.4 is 0 Å². The van der Waals surface area contributed by atoms with Crippen molar-refractivity contribution in [3.8, 4) is 0 Å². The van der Waals surface area contributed by atoms with Crippen LogP contribution in [0.3, 0.4) is 0 Å². The van der Waals surface area contributed by atoms with Crippen molar-refractivity contribution in [2.24, 2.45) is 7.05 Å². The topological polar surface area (TPSA) is 240 Å². The summed E-state index contributed by atoms with van der Waals surface area (Å²) < 4.78 is 28.1. The summed E-state index contributed by atoms with van der Waals surface area (Å²) >= 11 is 1.16. The SMILES string of the molecule is CC(C)(C)OCc1ccc([N+](=O)[O-])cc1.CC(C)(C)OCc1ccc([N+](=O)[O-])o1.CC(C)(C)OCc1ccc([N+](=O)[O-])s1.CC(C)OCc1cnc([N+](=O)[O-])n1C. The van der Waals surface area contributed by atoms with Crippen molar-refractivity contribution in [1.29, 1.82) is 0 Å². The minimum atomic E-state index is -0.569. The monoisotopic (exact) mass is 822 g/mol. The van der Waals surface area contributed by atoms with Crippen molar-refractivity contribution in [2.45, 2.75) is 125 Å². The molecule has 4 aromatic rings. The van der Waals surface area contributed by atoms with Gasteiger partial charge in [0.15, 0.2) is 0 Å². The molecule has 1 aromatic carbocycles.